The molecule has 1 aliphatic rings. The van der Waals surface area contributed by atoms with E-state index in [1.165, 1.54) is 25.7 Å². The van der Waals surface area contributed by atoms with Gasteiger partial charge in [0.2, 0.25) is 0 Å². The molecule has 0 aromatic carbocycles. The lowest BCUT2D eigenvalue weighted by atomic mass is 9.96. The van der Waals surface area contributed by atoms with E-state index in [1.807, 2.05) is 0 Å². The Morgan fingerprint density at radius 1 is 1.33 bits per heavy atom. The monoisotopic (exact) mass is 164 g/mol. The molecule has 0 saturated carbocycles. The maximum Gasteiger partial charge on any atom is -0.0257 e. The third-order valence-electron chi connectivity index (χ3n) is 2.76. The summed E-state index contributed by atoms with van der Waals surface area (Å²) in [5.74, 6) is 0.711. The smallest absolute Gasteiger partial charge is 0.0257 e. The fourth-order valence-electron chi connectivity index (χ4n) is 1.59. The van der Waals surface area contributed by atoms with E-state index in [0.717, 1.165) is 0 Å². The van der Waals surface area contributed by atoms with E-state index < -0.39 is 0 Å². The normalized spacial score (nSPS) is 22.7. The summed E-state index contributed by atoms with van der Waals surface area (Å²) in [5.41, 5.74) is 3.16. The van der Waals surface area contributed by atoms with Gasteiger partial charge in [0.05, 0.1) is 0 Å². The molecular weight excluding hydrogens is 144 g/mol. The van der Waals surface area contributed by atoms with Crippen molar-refractivity contribution in [2.45, 2.75) is 46.5 Å². The van der Waals surface area contributed by atoms with Gasteiger partial charge < -0.3 is 0 Å². The van der Waals surface area contributed by atoms with Gasteiger partial charge in [-0.05, 0) is 44.1 Å². The first kappa shape index (κ1) is 9.57. The first-order chi connectivity index (χ1) is 5.72. The summed E-state index contributed by atoms with van der Waals surface area (Å²) in [7, 11) is 0. The van der Waals surface area contributed by atoms with Gasteiger partial charge in [0.1, 0.15) is 0 Å². The Kier molecular flexibility index (Phi) is 3.58. The summed E-state index contributed by atoms with van der Waals surface area (Å²) >= 11 is 0. The molecule has 0 saturated heterocycles. The van der Waals surface area contributed by atoms with Crippen LogP contribution in [0, 0.1) is 5.92 Å². The van der Waals surface area contributed by atoms with Crippen LogP contribution in [0.3, 0.4) is 0 Å². The van der Waals surface area contributed by atoms with Gasteiger partial charge in [0, 0.05) is 0 Å². The second-order valence-electron chi connectivity index (χ2n) is 4.01. The SMILES string of the molecule is C/C(=C1/C=CCCCC1)C(C)C. The van der Waals surface area contributed by atoms with Crippen molar-refractivity contribution < 1.29 is 0 Å². The minimum absolute atomic E-state index is 0.711. The van der Waals surface area contributed by atoms with Gasteiger partial charge >= 0.3 is 0 Å². The van der Waals surface area contributed by atoms with Gasteiger partial charge in [-0.1, -0.05) is 31.6 Å². The summed E-state index contributed by atoms with van der Waals surface area (Å²) in [5, 5.41) is 0. The van der Waals surface area contributed by atoms with E-state index >= 15 is 0 Å². The second-order valence-corrected chi connectivity index (χ2v) is 4.01. The number of rotatable bonds is 1. The highest BCUT2D eigenvalue weighted by Crippen LogP contribution is 2.23. The Labute approximate surface area is 76.4 Å². The molecular formula is C12H20. The molecule has 0 nitrogen and oxygen atoms in total. The maximum absolute atomic E-state index is 2.34. The molecule has 0 unspecified atom stereocenters. The van der Waals surface area contributed by atoms with Crippen molar-refractivity contribution in [1.29, 1.82) is 0 Å². The maximum atomic E-state index is 2.34. The predicted molar refractivity (Wildman–Crippen MR) is 55.1 cm³/mol. The third-order valence-corrected chi connectivity index (χ3v) is 2.76. The average Bonchev–Trinajstić information content (AvgIpc) is 2.30. The minimum atomic E-state index is 0.711. The summed E-state index contributed by atoms with van der Waals surface area (Å²) < 4.78 is 0. The quantitative estimate of drug-likeness (QED) is 0.547. The Morgan fingerprint density at radius 3 is 2.75 bits per heavy atom. The molecule has 68 valence electrons. The molecule has 12 heavy (non-hydrogen) atoms. The van der Waals surface area contributed by atoms with E-state index in [4.69, 9.17) is 0 Å². The lowest BCUT2D eigenvalue weighted by molar-refractivity contribution is 0.724. The standard InChI is InChI=1S/C12H20/c1-10(2)11(3)12-8-6-4-5-7-9-12/h6,8,10H,4-5,7,9H2,1-3H3/b12-11+. The van der Waals surface area contributed by atoms with Gasteiger partial charge in [-0.15, -0.1) is 0 Å². The van der Waals surface area contributed by atoms with Crippen molar-refractivity contribution in [3.8, 4) is 0 Å². The largest absolute Gasteiger partial charge is 0.0843 e. The molecule has 0 amide bonds. The van der Waals surface area contributed by atoms with Crippen molar-refractivity contribution in [3.05, 3.63) is 23.3 Å². The molecule has 0 aromatic rings. The Hall–Kier alpha value is -0.520. The fourth-order valence-corrected chi connectivity index (χ4v) is 1.59. The van der Waals surface area contributed by atoms with Crippen LogP contribution >= 0.6 is 0 Å². The molecule has 0 radical (unpaired) electrons. The van der Waals surface area contributed by atoms with Gasteiger partial charge in [-0.2, -0.15) is 0 Å². The Bertz CT molecular complexity index is 194. The topological polar surface area (TPSA) is 0 Å². The first-order valence-corrected chi connectivity index (χ1v) is 5.08. The molecule has 0 bridgehead atoms. The molecule has 0 aromatic heterocycles. The molecule has 0 heteroatoms. The Balaban J connectivity index is 2.76. The van der Waals surface area contributed by atoms with Crippen LogP contribution in [0.2, 0.25) is 0 Å². The molecule has 1 rings (SSSR count). The van der Waals surface area contributed by atoms with E-state index in [0.29, 0.717) is 5.92 Å². The lowest BCUT2D eigenvalue weighted by Crippen LogP contribution is -1.93. The molecule has 0 atom stereocenters. The highest BCUT2D eigenvalue weighted by atomic mass is 14.1. The van der Waals surface area contributed by atoms with Crippen LogP contribution in [0.1, 0.15) is 46.5 Å². The van der Waals surface area contributed by atoms with E-state index in [1.54, 1.807) is 11.1 Å². The highest BCUT2D eigenvalue weighted by Gasteiger charge is 2.05. The van der Waals surface area contributed by atoms with Crippen LogP contribution in [-0.4, -0.2) is 0 Å². The molecule has 0 heterocycles. The number of allylic oxidation sites excluding steroid dienone is 4. The molecule has 1 aliphatic carbocycles. The van der Waals surface area contributed by atoms with Crippen LogP contribution < -0.4 is 0 Å². The zero-order valence-electron chi connectivity index (χ0n) is 8.56. The van der Waals surface area contributed by atoms with E-state index in [-0.39, 0.29) is 0 Å². The summed E-state index contributed by atoms with van der Waals surface area (Å²) in [6.45, 7) is 6.83. The highest BCUT2D eigenvalue weighted by molar-refractivity contribution is 5.26. The third kappa shape index (κ3) is 2.51. The predicted octanol–water partition coefficient (Wildman–Crippen LogP) is 4.09. The summed E-state index contributed by atoms with van der Waals surface area (Å²) in [6.07, 6.45) is 9.96. The van der Waals surface area contributed by atoms with Gasteiger partial charge in [-0.25, -0.2) is 0 Å². The number of hydrogen-bond acceptors (Lipinski definition) is 0. The van der Waals surface area contributed by atoms with E-state index in [9.17, 15) is 0 Å². The van der Waals surface area contributed by atoms with Crippen LogP contribution in [0.15, 0.2) is 23.3 Å². The van der Waals surface area contributed by atoms with Crippen LogP contribution in [0.25, 0.3) is 0 Å². The fraction of sp³-hybridized carbons (Fsp3) is 0.667. The van der Waals surface area contributed by atoms with E-state index in [2.05, 4.69) is 32.9 Å². The second kappa shape index (κ2) is 4.49. The van der Waals surface area contributed by atoms with Crippen molar-refractivity contribution in [3.63, 3.8) is 0 Å². The molecule has 0 aliphatic heterocycles. The minimum Gasteiger partial charge on any atom is -0.0843 e. The summed E-state index contributed by atoms with van der Waals surface area (Å²) in [6, 6.07) is 0. The average molecular weight is 164 g/mol. The van der Waals surface area contributed by atoms with Crippen molar-refractivity contribution in [1.82, 2.24) is 0 Å². The van der Waals surface area contributed by atoms with Crippen molar-refractivity contribution >= 4 is 0 Å². The molecule has 0 N–H and O–H groups in total. The summed E-state index contributed by atoms with van der Waals surface area (Å²) in [4.78, 5) is 0. The van der Waals surface area contributed by atoms with Crippen LogP contribution in [0.5, 0.6) is 0 Å². The van der Waals surface area contributed by atoms with Crippen molar-refractivity contribution in [2.75, 3.05) is 0 Å². The van der Waals surface area contributed by atoms with Crippen LogP contribution in [-0.2, 0) is 0 Å². The zero-order valence-corrected chi connectivity index (χ0v) is 8.56. The molecule has 0 spiro atoms. The van der Waals surface area contributed by atoms with Crippen molar-refractivity contribution in [2.24, 2.45) is 5.92 Å². The van der Waals surface area contributed by atoms with Gasteiger partial charge in [0.25, 0.3) is 0 Å². The zero-order chi connectivity index (χ0) is 8.97. The first-order valence-electron chi connectivity index (χ1n) is 5.08. The Morgan fingerprint density at radius 2 is 2.08 bits per heavy atom. The lowest BCUT2D eigenvalue weighted by Gasteiger charge is -2.10. The van der Waals surface area contributed by atoms with Gasteiger partial charge in [-0.3, -0.25) is 0 Å². The van der Waals surface area contributed by atoms with Crippen LogP contribution in [0.4, 0.5) is 0 Å². The number of hydrogen-bond donors (Lipinski definition) is 0. The molecule has 0 fully saturated rings. The van der Waals surface area contributed by atoms with Gasteiger partial charge in [0.15, 0.2) is 0 Å².